The topological polar surface area (TPSA) is 65.5 Å². The lowest BCUT2D eigenvalue weighted by Crippen LogP contribution is -2.49. The van der Waals surface area contributed by atoms with Crippen LogP contribution in [0.2, 0.25) is 5.15 Å². The molecule has 1 fully saturated rings. The molecule has 1 aliphatic heterocycles. The van der Waals surface area contributed by atoms with Crippen molar-refractivity contribution in [1.29, 1.82) is 0 Å². The van der Waals surface area contributed by atoms with Crippen LogP contribution in [0.25, 0.3) is 0 Å². The first-order valence-corrected chi connectivity index (χ1v) is 9.89. The number of nitrogens with one attached hydrogen (secondary N) is 1. The first-order chi connectivity index (χ1) is 13.0. The van der Waals surface area contributed by atoms with E-state index >= 15 is 0 Å². The van der Waals surface area contributed by atoms with Gasteiger partial charge in [-0.1, -0.05) is 33.6 Å². The Balaban J connectivity index is 1.42. The second-order valence-corrected chi connectivity index (χ2v) is 7.50. The minimum Gasteiger partial charge on any atom is -0.353 e. The average Bonchev–Trinajstić information content (AvgIpc) is 2.68. The van der Waals surface area contributed by atoms with E-state index in [0.29, 0.717) is 43.4 Å². The minimum atomic E-state index is -0.174. The van der Waals surface area contributed by atoms with E-state index in [2.05, 4.69) is 31.1 Å². The van der Waals surface area contributed by atoms with Gasteiger partial charge in [-0.15, -0.1) is 0 Å². The number of carbonyl (C=O) groups is 2. The van der Waals surface area contributed by atoms with Gasteiger partial charge in [-0.05, 0) is 36.4 Å². The molecule has 0 unspecified atom stereocenters. The lowest BCUT2D eigenvalue weighted by atomic mass is 10.2. The molecule has 8 heteroatoms. The van der Waals surface area contributed by atoms with Gasteiger partial charge in [0.15, 0.2) is 0 Å². The van der Waals surface area contributed by atoms with Crippen molar-refractivity contribution in [1.82, 2.24) is 15.2 Å². The lowest BCUT2D eigenvalue weighted by molar-refractivity contribution is -0.131. The van der Waals surface area contributed by atoms with Crippen LogP contribution in [-0.2, 0) is 4.79 Å². The van der Waals surface area contributed by atoms with Crippen molar-refractivity contribution in [2.45, 2.75) is 6.42 Å². The maximum absolute atomic E-state index is 12.4. The molecule has 0 aliphatic carbocycles. The molecule has 0 radical (unpaired) electrons. The molecule has 0 bridgehead atoms. The summed E-state index contributed by atoms with van der Waals surface area (Å²) in [4.78, 5) is 32.7. The van der Waals surface area contributed by atoms with Crippen LogP contribution in [0.1, 0.15) is 16.8 Å². The summed E-state index contributed by atoms with van der Waals surface area (Å²) in [5.74, 6) is 0.702. The Morgan fingerprint density at radius 2 is 1.78 bits per heavy atom. The number of piperazine rings is 1. The van der Waals surface area contributed by atoms with Gasteiger partial charge in [-0.2, -0.15) is 0 Å². The van der Waals surface area contributed by atoms with E-state index in [9.17, 15) is 9.59 Å². The van der Waals surface area contributed by atoms with E-state index in [1.807, 2.05) is 29.2 Å². The number of carbonyl (C=O) groups excluding carboxylic acids is 2. The van der Waals surface area contributed by atoms with Crippen molar-refractivity contribution < 1.29 is 9.59 Å². The molecule has 27 heavy (non-hydrogen) atoms. The Morgan fingerprint density at radius 3 is 2.44 bits per heavy atom. The third kappa shape index (κ3) is 5.43. The highest BCUT2D eigenvalue weighted by Crippen LogP contribution is 2.16. The fourth-order valence-corrected chi connectivity index (χ4v) is 3.33. The number of amides is 2. The number of anilines is 1. The zero-order valence-corrected chi connectivity index (χ0v) is 17.0. The second-order valence-electron chi connectivity index (χ2n) is 6.20. The van der Waals surface area contributed by atoms with Crippen LogP contribution >= 0.6 is 27.5 Å². The molecule has 1 N–H and O–H groups in total. The van der Waals surface area contributed by atoms with Gasteiger partial charge < -0.3 is 15.1 Å². The van der Waals surface area contributed by atoms with Crippen molar-refractivity contribution >= 4 is 45.2 Å². The number of benzene rings is 1. The molecule has 2 amide bonds. The highest BCUT2D eigenvalue weighted by Gasteiger charge is 2.21. The molecule has 0 spiro atoms. The zero-order valence-electron chi connectivity index (χ0n) is 14.7. The van der Waals surface area contributed by atoms with Crippen molar-refractivity contribution in [2.75, 3.05) is 37.6 Å². The molecule has 6 nitrogen and oxygen atoms in total. The molecule has 142 valence electrons. The SMILES string of the molecule is O=C(NCCC(=O)N1CCN(c2cccc(Cl)n2)CC1)c1ccc(Br)cc1. The summed E-state index contributed by atoms with van der Waals surface area (Å²) in [6.45, 7) is 3.01. The van der Waals surface area contributed by atoms with Gasteiger partial charge in [-0.25, -0.2) is 4.98 Å². The molecule has 1 aromatic carbocycles. The summed E-state index contributed by atoms with van der Waals surface area (Å²) in [6.07, 6.45) is 0.289. The highest BCUT2D eigenvalue weighted by molar-refractivity contribution is 9.10. The molecule has 2 aromatic rings. The van der Waals surface area contributed by atoms with Crippen LogP contribution in [0.15, 0.2) is 46.9 Å². The van der Waals surface area contributed by atoms with Gasteiger partial charge >= 0.3 is 0 Å². The minimum absolute atomic E-state index is 0.0461. The first kappa shape index (κ1) is 19.6. The Morgan fingerprint density at radius 1 is 1.07 bits per heavy atom. The van der Waals surface area contributed by atoms with Crippen LogP contribution in [-0.4, -0.2) is 54.4 Å². The summed E-state index contributed by atoms with van der Waals surface area (Å²) in [7, 11) is 0. The molecule has 3 rings (SSSR count). The summed E-state index contributed by atoms with van der Waals surface area (Å²) in [6, 6.07) is 12.6. The van der Waals surface area contributed by atoms with E-state index in [0.717, 1.165) is 10.3 Å². The number of hydrogen-bond acceptors (Lipinski definition) is 4. The Hall–Kier alpha value is -2.12. The normalized spacial score (nSPS) is 14.1. The lowest BCUT2D eigenvalue weighted by Gasteiger charge is -2.35. The number of aromatic nitrogens is 1. The largest absolute Gasteiger partial charge is 0.353 e. The number of hydrogen-bond donors (Lipinski definition) is 1. The quantitative estimate of drug-likeness (QED) is 0.710. The van der Waals surface area contributed by atoms with Crippen LogP contribution in [0, 0.1) is 0 Å². The van der Waals surface area contributed by atoms with Gasteiger partial charge in [0, 0.05) is 49.2 Å². The molecule has 1 saturated heterocycles. The molecule has 2 heterocycles. The van der Waals surface area contributed by atoms with Crippen LogP contribution in [0.5, 0.6) is 0 Å². The van der Waals surface area contributed by atoms with Crippen molar-refractivity contribution in [3.05, 3.63) is 57.7 Å². The van der Waals surface area contributed by atoms with Gasteiger partial charge in [0.1, 0.15) is 11.0 Å². The van der Waals surface area contributed by atoms with Crippen molar-refractivity contribution in [3.63, 3.8) is 0 Å². The molecular weight excluding hydrogens is 432 g/mol. The maximum Gasteiger partial charge on any atom is 0.251 e. The maximum atomic E-state index is 12.4. The first-order valence-electron chi connectivity index (χ1n) is 8.72. The molecular formula is C19H20BrClN4O2. The van der Waals surface area contributed by atoms with Crippen molar-refractivity contribution in [3.8, 4) is 0 Å². The smallest absolute Gasteiger partial charge is 0.251 e. The Kier molecular flexibility index (Phi) is 6.68. The Labute approximate surface area is 171 Å². The fraction of sp³-hybridized carbons (Fsp3) is 0.316. The Bertz CT molecular complexity index is 808. The highest BCUT2D eigenvalue weighted by atomic mass is 79.9. The summed E-state index contributed by atoms with van der Waals surface area (Å²) >= 11 is 9.28. The van der Waals surface area contributed by atoms with Crippen LogP contribution in [0.4, 0.5) is 5.82 Å². The van der Waals surface area contributed by atoms with Gasteiger partial charge in [0.25, 0.3) is 5.91 Å². The molecule has 0 atom stereocenters. The van der Waals surface area contributed by atoms with E-state index < -0.39 is 0 Å². The van der Waals surface area contributed by atoms with E-state index in [1.54, 1.807) is 18.2 Å². The number of pyridine rings is 1. The monoisotopic (exact) mass is 450 g/mol. The van der Waals surface area contributed by atoms with Gasteiger partial charge in [0.2, 0.25) is 5.91 Å². The van der Waals surface area contributed by atoms with E-state index in [-0.39, 0.29) is 18.2 Å². The predicted octanol–water partition coefficient (Wildman–Crippen LogP) is 2.97. The van der Waals surface area contributed by atoms with E-state index in [1.165, 1.54) is 0 Å². The second kappa shape index (κ2) is 9.19. The van der Waals surface area contributed by atoms with Crippen molar-refractivity contribution in [2.24, 2.45) is 0 Å². The number of halogens is 2. The molecule has 1 aliphatic rings. The van der Waals surface area contributed by atoms with Gasteiger partial charge in [-0.3, -0.25) is 9.59 Å². The summed E-state index contributed by atoms with van der Waals surface area (Å²) in [5, 5.41) is 3.26. The van der Waals surface area contributed by atoms with Crippen LogP contribution in [0.3, 0.4) is 0 Å². The molecule has 0 saturated carbocycles. The molecule has 1 aromatic heterocycles. The van der Waals surface area contributed by atoms with Gasteiger partial charge in [0.05, 0.1) is 0 Å². The fourth-order valence-electron chi connectivity index (χ4n) is 2.90. The number of rotatable bonds is 5. The average molecular weight is 452 g/mol. The van der Waals surface area contributed by atoms with E-state index in [4.69, 9.17) is 11.6 Å². The summed E-state index contributed by atoms with van der Waals surface area (Å²) in [5.41, 5.74) is 0.577. The zero-order chi connectivity index (χ0) is 19.2. The van der Waals surface area contributed by atoms with Crippen LogP contribution < -0.4 is 10.2 Å². The summed E-state index contributed by atoms with van der Waals surface area (Å²) < 4.78 is 0.918. The predicted molar refractivity (Wildman–Crippen MR) is 109 cm³/mol. The third-order valence-electron chi connectivity index (χ3n) is 4.39. The standard InChI is InChI=1S/C19H20BrClN4O2/c20-15-6-4-14(5-7-15)19(27)22-9-8-18(26)25-12-10-24(11-13-25)17-3-1-2-16(21)23-17/h1-7H,8-13H2,(H,22,27). The third-order valence-corrected chi connectivity index (χ3v) is 5.13. The number of nitrogens with zero attached hydrogens (tertiary/aromatic N) is 3.